The molecule has 1 fully saturated rings. The molecule has 0 bridgehead atoms. The van der Waals surface area contributed by atoms with Crippen molar-refractivity contribution in [3.8, 4) is 0 Å². The fourth-order valence-electron chi connectivity index (χ4n) is 2.85. The van der Waals surface area contributed by atoms with Crippen molar-refractivity contribution in [2.45, 2.75) is 25.3 Å². The Labute approximate surface area is 166 Å². The number of ketones is 1. The van der Waals surface area contributed by atoms with Gasteiger partial charge >= 0.3 is 5.97 Å². The van der Waals surface area contributed by atoms with Gasteiger partial charge in [0.15, 0.2) is 0 Å². The first-order chi connectivity index (χ1) is 12.7. The van der Waals surface area contributed by atoms with Crippen molar-refractivity contribution in [1.82, 2.24) is 10.2 Å². The van der Waals surface area contributed by atoms with Crippen molar-refractivity contribution < 1.29 is 23.9 Å². The van der Waals surface area contributed by atoms with Crippen molar-refractivity contribution in [2.75, 3.05) is 20.7 Å². The van der Waals surface area contributed by atoms with Crippen LogP contribution in [-0.4, -0.2) is 55.2 Å². The molecule has 9 heteroatoms. The Kier molecular flexibility index (Phi) is 7.21. The second kappa shape index (κ2) is 9.19. The number of benzene rings is 1. The summed E-state index contributed by atoms with van der Waals surface area (Å²) in [5.74, 6) is -3.84. The minimum atomic E-state index is -1.11. The molecule has 2 atom stereocenters. The number of rotatable bonds is 7. The van der Waals surface area contributed by atoms with Gasteiger partial charge in [-0.3, -0.25) is 14.4 Å². The Bertz CT molecular complexity index is 768. The second-order valence-corrected chi connectivity index (χ2v) is 7.14. The molecule has 0 saturated carbocycles. The maximum atomic E-state index is 12.3. The molecular weight excluding hydrogens is 395 g/mol. The number of nitrogens with zero attached hydrogens (tertiary/aromatic N) is 1. The van der Waals surface area contributed by atoms with E-state index in [0.29, 0.717) is 29.3 Å². The lowest BCUT2D eigenvalue weighted by molar-refractivity contribution is -0.147. The SMILES string of the molecule is COC(=O)C(CCCc1ccc(Cl)c(Cl)c1)NC(=O)C1CN(C)C(=O)C1=O. The third kappa shape index (κ3) is 5.20. The van der Waals surface area contributed by atoms with Crippen LogP contribution in [0.2, 0.25) is 10.0 Å². The van der Waals surface area contributed by atoms with Crippen molar-refractivity contribution in [2.24, 2.45) is 5.92 Å². The molecule has 2 rings (SSSR count). The van der Waals surface area contributed by atoms with Gasteiger partial charge in [0.25, 0.3) is 5.91 Å². The van der Waals surface area contributed by atoms with Gasteiger partial charge in [0.05, 0.1) is 17.2 Å². The predicted molar refractivity (Wildman–Crippen MR) is 99.5 cm³/mol. The van der Waals surface area contributed by atoms with E-state index in [4.69, 9.17) is 27.9 Å². The topological polar surface area (TPSA) is 92.8 Å². The van der Waals surface area contributed by atoms with Crippen molar-refractivity contribution in [1.29, 1.82) is 0 Å². The molecule has 0 spiro atoms. The minimum absolute atomic E-state index is 0.000661. The average molecular weight is 415 g/mol. The Morgan fingerprint density at radius 3 is 2.56 bits per heavy atom. The molecule has 1 aliphatic rings. The number of nitrogens with one attached hydrogen (secondary N) is 1. The molecule has 27 heavy (non-hydrogen) atoms. The van der Waals surface area contributed by atoms with E-state index in [0.717, 1.165) is 5.56 Å². The van der Waals surface area contributed by atoms with Gasteiger partial charge in [0.1, 0.15) is 12.0 Å². The zero-order valence-electron chi connectivity index (χ0n) is 15.0. The van der Waals surface area contributed by atoms with E-state index < -0.39 is 35.5 Å². The van der Waals surface area contributed by atoms with Crippen LogP contribution >= 0.6 is 23.2 Å². The summed E-state index contributed by atoms with van der Waals surface area (Å²) in [4.78, 5) is 48.9. The van der Waals surface area contributed by atoms with Gasteiger partial charge < -0.3 is 15.0 Å². The molecule has 0 aliphatic carbocycles. The first kappa shape index (κ1) is 21.2. The number of hydrogen-bond acceptors (Lipinski definition) is 5. The molecule has 1 aromatic rings. The smallest absolute Gasteiger partial charge is 0.328 e. The van der Waals surface area contributed by atoms with Crippen LogP contribution in [-0.2, 0) is 30.3 Å². The highest BCUT2D eigenvalue weighted by Gasteiger charge is 2.42. The van der Waals surface area contributed by atoms with Gasteiger partial charge in [-0.1, -0.05) is 29.3 Å². The molecular formula is C18H20Cl2N2O5. The number of carbonyl (C=O) groups is 4. The molecule has 0 aromatic heterocycles. The lowest BCUT2D eigenvalue weighted by Gasteiger charge is -2.18. The van der Waals surface area contributed by atoms with Crippen LogP contribution in [0.5, 0.6) is 0 Å². The Morgan fingerprint density at radius 2 is 2.00 bits per heavy atom. The first-order valence-electron chi connectivity index (χ1n) is 8.36. The van der Waals surface area contributed by atoms with Gasteiger partial charge in [-0.15, -0.1) is 0 Å². The maximum Gasteiger partial charge on any atom is 0.328 e. The fraction of sp³-hybridized carbons (Fsp3) is 0.444. The van der Waals surface area contributed by atoms with Crippen molar-refractivity contribution in [3.05, 3.63) is 33.8 Å². The highest BCUT2D eigenvalue weighted by atomic mass is 35.5. The van der Waals surface area contributed by atoms with E-state index in [1.54, 1.807) is 12.1 Å². The Morgan fingerprint density at radius 1 is 1.30 bits per heavy atom. The monoisotopic (exact) mass is 414 g/mol. The minimum Gasteiger partial charge on any atom is -0.467 e. The molecule has 2 unspecified atom stereocenters. The number of methoxy groups -OCH3 is 1. The van der Waals surface area contributed by atoms with E-state index in [2.05, 4.69) is 5.32 Å². The summed E-state index contributed by atoms with van der Waals surface area (Å²) in [6.07, 6.45) is 1.49. The normalized spacial score (nSPS) is 17.8. The number of amides is 2. The zero-order valence-corrected chi connectivity index (χ0v) is 16.5. The van der Waals surface area contributed by atoms with Gasteiger partial charge in [0, 0.05) is 13.6 Å². The highest BCUT2D eigenvalue weighted by molar-refractivity contribution is 6.42. The third-order valence-corrected chi connectivity index (χ3v) is 5.13. The Hall–Kier alpha value is -2.12. The van der Waals surface area contributed by atoms with E-state index in [1.165, 1.54) is 19.1 Å². The summed E-state index contributed by atoms with van der Waals surface area (Å²) in [7, 11) is 2.67. The van der Waals surface area contributed by atoms with Crippen LogP contribution in [0.1, 0.15) is 18.4 Å². The number of halogens is 2. The van der Waals surface area contributed by atoms with Gasteiger partial charge in [-0.25, -0.2) is 4.79 Å². The molecule has 7 nitrogen and oxygen atoms in total. The van der Waals surface area contributed by atoms with Gasteiger partial charge in [-0.05, 0) is 37.0 Å². The van der Waals surface area contributed by atoms with Crippen molar-refractivity contribution >= 4 is 46.8 Å². The molecule has 146 valence electrons. The Balaban J connectivity index is 1.95. The molecule has 1 aromatic carbocycles. The number of ether oxygens (including phenoxy) is 1. The predicted octanol–water partition coefficient (Wildman–Crippen LogP) is 1.63. The molecule has 1 heterocycles. The number of esters is 1. The quantitative estimate of drug-likeness (QED) is 0.415. The standard InChI is InChI=1S/C18H20Cl2N2O5/c1-22-9-11(15(23)17(22)25)16(24)21-14(18(26)27-2)5-3-4-10-6-7-12(19)13(20)8-10/h6-8,11,14H,3-5,9H2,1-2H3,(H,21,24). The number of aryl methyl sites for hydroxylation is 1. The average Bonchev–Trinajstić information content (AvgIpc) is 2.90. The van der Waals surface area contributed by atoms with Crippen LogP contribution in [0, 0.1) is 5.92 Å². The summed E-state index contributed by atoms with van der Waals surface area (Å²) in [5, 5.41) is 3.43. The van der Waals surface area contributed by atoms with Crippen LogP contribution in [0.25, 0.3) is 0 Å². The zero-order chi connectivity index (χ0) is 20.1. The van der Waals surface area contributed by atoms with Crippen LogP contribution < -0.4 is 5.32 Å². The van der Waals surface area contributed by atoms with E-state index >= 15 is 0 Å². The van der Waals surface area contributed by atoms with Gasteiger partial charge in [-0.2, -0.15) is 0 Å². The number of likely N-dealkylation sites (N-methyl/N-ethyl adjacent to an activating group) is 1. The fourth-order valence-corrected chi connectivity index (χ4v) is 3.17. The summed E-state index contributed by atoms with van der Waals surface area (Å²) in [6, 6.07) is 4.37. The summed E-state index contributed by atoms with van der Waals surface area (Å²) in [6.45, 7) is 0.000661. The summed E-state index contributed by atoms with van der Waals surface area (Å²) in [5.41, 5.74) is 0.942. The summed E-state index contributed by atoms with van der Waals surface area (Å²) >= 11 is 11.9. The third-order valence-electron chi connectivity index (χ3n) is 4.39. The maximum absolute atomic E-state index is 12.3. The molecule has 1 saturated heterocycles. The van der Waals surface area contributed by atoms with Gasteiger partial charge in [0.2, 0.25) is 11.7 Å². The van der Waals surface area contributed by atoms with E-state index in [-0.39, 0.29) is 6.54 Å². The van der Waals surface area contributed by atoms with Crippen LogP contribution in [0.15, 0.2) is 18.2 Å². The largest absolute Gasteiger partial charge is 0.467 e. The van der Waals surface area contributed by atoms with E-state index in [1.807, 2.05) is 6.07 Å². The second-order valence-electron chi connectivity index (χ2n) is 6.33. The lowest BCUT2D eigenvalue weighted by Crippen LogP contribution is -2.46. The number of carbonyl (C=O) groups excluding carboxylic acids is 4. The first-order valence-corrected chi connectivity index (χ1v) is 9.11. The van der Waals surface area contributed by atoms with Crippen molar-refractivity contribution in [3.63, 3.8) is 0 Å². The highest BCUT2D eigenvalue weighted by Crippen LogP contribution is 2.23. The number of Topliss-reactive ketones (excluding diaryl/α,β-unsaturated/α-hetero) is 1. The summed E-state index contributed by atoms with van der Waals surface area (Å²) < 4.78 is 4.73. The molecule has 1 aliphatic heterocycles. The number of likely N-dealkylation sites (tertiary alicyclic amines) is 1. The molecule has 2 amide bonds. The molecule has 0 radical (unpaired) electrons. The lowest BCUT2D eigenvalue weighted by atomic mass is 10.0. The van der Waals surface area contributed by atoms with Crippen LogP contribution in [0.3, 0.4) is 0 Å². The van der Waals surface area contributed by atoms with Crippen LogP contribution in [0.4, 0.5) is 0 Å². The number of hydrogen-bond donors (Lipinski definition) is 1. The van der Waals surface area contributed by atoms with E-state index in [9.17, 15) is 19.2 Å². The molecule has 1 N–H and O–H groups in total.